The van der Waals surface area contributed by atoms with Crippen LogP contribution in [0.2, 0.25) is 0 Å². The minimum absolute atomic E-state index is 0.0627. The van der Waals surface area contributed by atoms with Gasteiger partial charge in [0, 0.05) is 12.5 Å². The molecule has 1 heterocycles. The average molecular weight is 318 g/mol. The number of ketones is 1. The van der Waals surface area contributed by atoms with E-state index >= 15 is 0 Å². The highest BCUT2D eigenvalue weighted by Gasteiger charge is 2.19. The SMILES string of the molecule is O=C(CCC1CCCCC1)c1cc(=O)c2ccc(F)c(O)c2o1. The van der Waals surface area contributed by atoms with E-state index in [1.165, 1.54) is 25.3 Å². The largest absolute Gasteiger partial charge is 0.502 e. The van der Waals surface area contributed by atoms with Gasteiger partial charge in [0.05, 0.1) is 5.39 Å². The Hall–Kier alpha value is -2.17. The Morgan fingerprint density at radius 3 is 2.74 bits per heavy atom. The molecule has 1 fully saturated rings. The summed E-state index contributed by atoms with van der Waals surface area (Å²) >= 11 is 0. The molecule has 5 heteroatoms. The van der Waals surface area contributed by atoms with Gasteiger partial charge < -0.3 is 9.52 Å². The van der Waals surface area contributed by atoms with E-state index in [1.807, 2.05) is 0 Å². The van der Waals surface area contributed by atoms with Gasteiger partial charge in [-0.1, -0.05) is 32.1 Å². The van der Waals surface area contributed by atoms with E-state index in [0.29, 0.717) is 12.3 Å². The van der Waals surface area contributed by atoms with Gasteiger partial charge in [-0.25, -0.2) is 4.39 Å². The molecule has 1 aromatic heterocycles. The van der Waals surface area contributed by atoms with Crippen molar-refractivity contribution in [3.63, 3.8) is 0 Å². The lowest BCUT2D eigenvalue weighted by Crippen LogP contribution is -2.11. The number of aromatic hydroxyl groups is 1. The van der Waals surface area contributed by atoms with Crippen LogP contribution in [0.15, 0.2) is 27.4 Å². The normalized spacial score (nSPS) is 15.9. The molecule has 1 aliphatic rings. The molecule has 0 radical (unpaired) electrons. The molecule has 0 spiro atoms. The van der Waals surface area contributed by atoms with E-state index in [4.69, 9.17) is 4.42 Å². The lowest BCUT2D eigenvalue weighted by Gasteiger charge is -2.20. The Labute approximate surface area is 132 Å². The van der Waals surface area contributed by atoms with E-state index in [1.54, 1.807) is 0 Å². The topological polar surface area (TPSA) is 67.5 Å². The quantitative estimate of drug-likeness (QED) is 0.859. The van der Waals surface area contributed by atoms with Gasteiger partial charge in [-0.15, -0.1) is 0 Å². The van der Waals surface area contributed by atoms with Crippen LogP contribution in [0.1, 0.15) is 55.5 Å². The monoisotopic (exact) mass is 318 g/mol. The number of phenols is 1. The molecule has 1 saturated carbocycles. The van der Waals surface area contributed by atoms with Gasteiger partial charge in [-0.05, 0) is 24.5 Å². The molecule has 0 saturated heterocycles. The zero-order chi connectivity index (χ0) is 16.4. The average Bonchev–Trinajstić information content (AvgIpc) is 2.57. The first kappa shape index (κ1) is 15.7. The van der Waals surface area contributed by atoms with Crippen LogP contribution < -0.4 is 5.43 Å². The van der Waals surface area contributed by atoms with Crippen molar-refractivity contribution in [2.45, 2.75) is 44.9 Å². The van der Waals surface area contributed by atoms with Crippen LogP contribution >= 0.6 is 0 Å². The summed E-state index contributed by atoms with van der Waals surface area (Å²) in [6.07, 6.45) is 7.02. The van der Waals surface area contributed by atoms with Gasteiger partial charge in [0.15, 0.2) is 34.1 Å². The summed E-state index contributed by atoms with van der Waals surface area (Å²) in [7, 11) is 0. The number of fused-ring (bicyclic) bond motifs is 1. The molecule has 2 aromatic rings. The van der Waals surface area contributed by atoms with E-state index in [-0.39, 0.29) is 22.5 Å². The zero-order valence-corrected chi connectivity index (χ0v) is 12.8. The molecule has 4 nitrogen and oxygen atoms in total. The summed E-state index contributed by atoms with van der Waals surface area (Å²) < 4.78 is 18.7. The van der Waals surface area contributed by atoms with Crippen LogP contribution in [0.4, 0.5) is 4.39 Å². The van der Waals surface area contributed by atoms with Gasteiger partial charge in [-0.2, -0.15) is 0 Å². The number of phenolic OH excluding ortho intramolecular Hbond substituents is 1. The van der Waals surface area contributed by atoms with Crippen molar-refractivity contribution in [3.8, 4) is 5.75 Å². The molecular weight excluding hydrogens is 299 g/mol. The van der Waals surface area contributed by atoms with Crippen molar-refractivity contribution >= 4 is 16.8 Å². The van der Waals surface area contributed by atoms with Crippen LogP contribution in [0, 0.1) is 11.7 Å². The highest BCUT2D eigenvalue weighted by atomic mass is 19.1. The maximum Gasteiger partial charge on any atom is 0.198 e. The Bertz CT molecular complexity index is 787. The molecule has 122 valence electrons. The summed E-state index contributed by atoms with van der Waals surface area (Å²) in [6.45, 7) is 0. The third kappa shape index (κ3) is 3.28. The fraction of sp³-hybridized carbons (Fsp3) is 0.444. The Kier molecular flexibility index (Phi) is 4.46. The predicted octanol–water partition coefficient (Wildman–Crippen LogP) is 4.18. The number of carbonyl (C=O) groups is 1. The van der Waals surface area contributed by atoms with Gasteiger partial charge in [0.1, 0.15) is 0 Å². The van der Waals surface area contributed by atoms with E-state index in [0.717, 1.165) is 31.4 Å². The number of Topliss-reactive ketones (excluding diaryl/α,β-unsaturated/α-hetero) is 1. The lowest BCUT2D eigenvalue weighted by molar-refractivity contribution is 0.0943. The predicted molar refractivity (Wildman–Crippen MR) is 84.2 cm³/mol. The number of carbonyl (C=O) groups excluding carboxylic acids is 1. The van der Waals surface area contributed by atoms with Gasteiger partial charge in [0.2, 0.25) is 0 Å². The van der Waals surface area contributed by atoms with Crippen molar-refractivity contribution in [1.82, 2.24) is 0 Å². The fourth-order valence-corrected chi connectivity index (χ4v) is 3.25. The molecule has 0 amide bonds. The fourth-order valence-electron chi connectivity index (χ4n) is 3.25. The number of halogens is 1. The molecule has 1 aliphatic carbocycles. The van der Waals surface area contributed by atoms with Crippen molar-refractivity contribution in [2.75, 3.05) is 0 Å². The number of hydrogen-bond acceptors (Lipinski definition) is 4. The highest BCUT2D eigenvalue weighted by molar-refractivity contribution is 5.95. The Morgan fingerprint density at radius 2 is 2.00 bits per heavy atom. The number of hydrogen-bond donors (Lipinski definition) is 1. The molecule has 23 heavy (non-hydrogen) atoms. The van der Waals surface area contributed by atoms with Crippen molar-refractivity contribution in [3.05, 3.63) is 40.0 Å². The summed E-state index contributed by atoms with van der Waals surface area (Å²) in [6, 6.07) is 3.37. The van der Waals surface area contributed by atoms with E-state index in [9.17, 15) is 19.1 Å². The smallest absolute Gasteiger partial charge is 0.198 e. The lowest BCUT2D eigenvalue weighted by atomic mass is 9.85. The van der Waals surface area contributed by atoms with Crippen LogP contribution in [0.3, 0.4) is 0 Å². The minimum Gasteiger partial charge on any atom is -0.502 e. The minimum atomic E-state index is -0.882. The first-order valence-corrected chi connectivity index (χ1v) is 8.05. The second kappa shape index (κ2) is 6.52. The standard InChI is InChI=1S/C18H19FO4/c19-13-8-7-12-15(21)10-16(23-18(12)17(13)22)14(20)9-6-11-4-2-1-3-5-11/h7-8,10-11,22H,1-6,9H2. The molecule has 1 aromatic carbocycles. The van der Waals surface area contributed by atoms with Gasteiger partial charge >= 0.3 is 0 Å². The van der Waals surface area contributed by atoms with Crippen molar-refractivity contribution in [2.24, 2.45) is 5.92 Å². The molecule has 0 unspecified atom stereocenters. The van der Waals surface area contributed by atoms with Crippen molar-refractivity contribution in [1.29, 1.82) is 0 Å². The first-order valence-electron chi connectivity index (χ1n) is 8.05. The van der Waals surface area contributed by atoms with Crippen LogP contribution in [0.5, 0.6) is 5.75 Å². The summed E-state index contributed by atoms with van der Waals surface area (Å²) in [5.74, 6) is -1.46. The van der Waals surface area contributed by atoms with E-state index in [2.05, 4.69) is 0 Å². The first-order chi connectivity index (χ1) is 11.1. The van der Waals surface area contributed by atoms with Crippen LogP contribution in [-0.4, -0.2) is 10.9 Å². The molecule has 1 N–H and O–H groups in total. The van der Waals surface area contributed by atoms with Gasteiger partial charge in [0.25, 0.3) is 0 Å². The second-order valence-electron chi connectivity index (χ2n) is 6.21. The maximum absolute atomic E-state index is 13.4. The van der Waals surface area contributed by atoms with E-state index < -0.39 is 17.0 Å². The molecule has 3 rings (SSSR count). The second-order valence-corrected chi connectivity index (χ2v) is 6.21. The highest BCUT2D eigenvalue weighted by Crippen LogP contribution is 2.29. The number of benzene rings is 1. The van der Waals surface area contributed by atoms with Crippen LogP contribution in [0.25, 0.3) is 11.0 Å². The summed E-state index contributed by atoms with van der Waals surface area (Å²) in [4.78, 5) is 24.3. The maximum atomic E-state index is 13.4. The van der Waals surface area contributed by atoms with Gasteiger partial charge in [-0.3, -0.25) is 9.59 Å². The summed E-state index contributed by atoms with van der Waals surface area (Å²) in [5, 5.41) is 9.77. The molecular formula is C18H19FO4. The third-order valence-electron chi connectivity index (χ3n) is 4.60. The van der Waals surface area contributed by atoms with Crippen molar-refractivity contribution < 1.29 is 18.7 Å². The molecule has 0 aliphatic heterocycles. The molecule has 0 atom stereocenters. The Balaban J connectivity index is 1.83. The summed E-state index contributed by atoms with van der Waals surface area (Å²) in [5.41, 5.74) is -0.721. The molecule has 0 bridgehead atoms. The Morgan fingerprint density at radius 1 is 1.26 bits per heavy atom. The zero-order valence-electron chi connectivity index (χ0n) is 12.8. The number of rotatable bonds is 4. The van der Waals surface area contributed by atoms with Crippen LogP contribution in [-0.2, 0) is 0 Å². The third-order valence-corrected chi connectivity index (χ3v) is 4.60.